The zero-order valence-electron chi connectivity index (χ0n) is 7.52. The highest BCUT2D eigenvalue weighted by Gasteiger charge is 2.04. The quantitative estimate of drug-likeness (QED) is 0.558. The van der Waals surface area contributed by atoms with Gasteiger partial charge >= 0.3 is 5.69 Å². The van der Waals surface area contributed by atoms with Crippen LogP contribution in [0.1, 0.15) is 0 Å². The van der Waals surface area contributed by atoms with E-state index in [0.29, 0.717) is 10.4 Å². The molecule has 3 aromatic rings. The summed E-state index contributed by atoms with van der Waals surface area (Å²) < 4.78 is 1.81. The van der Waals surface area contributed by atoms with Crippen LogP contribution in [-0.2, 0) is 0 Å². The maximum absolute atomic E-state index is 11.2. The van der Waals surface area contributed by atoms with Gasteiger partial charge in [-0.15, -0.1) is 0 Å². The lowest BCUT2D eigenvalue weighted by atomic mass is 10.2. The molecule has 3 rings (SSSR count). The predicted molar refractivity (Wildman–Crippen MR) is 58.5 cm³/mol. The topological polar surface area (TPSA) is 65.9 Å². The molecule has 0 saturated heterocycles. The molecule has 0 aliphatic carbocycles. The first kappa shape index (κ1) is 8.37. The van der Waals surface area contributed by atoms with Crippen molar-refractivity contribution in [2.75, 3.05) is 0 Å². The van der Waals surface area contributed by atoms with E-state index in [1.807, 2.05) is 24.3 Å². The van der Waals surface area contributed by atoms with E-state index in [1.165, 1.54) is 4.52 Å². The van der Waals surface area contributed by atoms with Crippen LogP contribution in [0.2, 0.25) is 0 Å². The van der Waals surface area contributed by atoms with E-state index in [0.717, 1.165) is 10.9 Å². The third kappa shape index (κ3) is 1.11. The molecular formula is C9H6N4OS. The van der Waals surface area contributed by atoms with Gasteiger partial charge in [-0.05, 0) is 24.4 Å². The molecular weight excluding hydrogens is 212 g/mol. The molecule has 0 bridgehead atoms. The molecule has 0 saturated carbocycles. The van der Waals surface area contributed by atoms with Gasteiger partial charge in [0.15, 0.2) is 0 Å². The summed E-state index contributed by atoms with van der Waals surface area (Å²) in [6, 6.07) is 7.51. The fraction of sp³-hybridized carbons (Fsp3) is 0. The number of rotatable bonds is 0. The molecule has 0 radical (unpaired) electrons. The van der Waals surface area contributed by atoms with Crippen LogP contribution in [0.3, 0.4) is 0 Å². The molecule has 1 aromatic carbocycles. The Bertz CT molecular complexity index is 767. The number of nitrogens with zero attached hydrogens (tertiary/aromatic N) is 2. The number of nitrogens with one attached hydrogen (secondary N) is 2. The summed E-state index contributed by atoms with van der Waals surface area (Å²) >= 11 is 5.06. The monoisotopic (exact) mass is 218 g/mol. The average molecular weight is 218 g/mol. The molecule has 0 aliphatic rings. The number of fused-ring (bicyclic) bond motifs is 3. The van der Waals surface area contributed by atoms with Crippen molar-refractivity contribution in [3.8, 4) is 0 Å². The van der Waals surface area contributed by atoms with E-state index in [2.05, 4.69) is 15.1 Å². The average Bonchev–Trinajstić information content (AvgIpc) is 2.61. The largest absolute Gasteiger partial charge is 0.339 e. The molecule has 2 N–H and O–H groups in total. The minimum absolute atomic E-state index is 0.292. The second kappa shape index (κ2) is 2.77. The molecule has 5 nitrogen and oxygen atoms in total. The minimum Gasteiger partial charge on any atom is -0.290 e. The van der Waals surface area contributed by atoms with Gasteiger partial charge in [0, 0.05) is 5.39 Å². The lowest BCUT2D eigenvalue weighted by molar-refractivity contribution is 0.895. The Balaban J connectivity index is 2.75. The maximum atomic E-state index is 11.2. The second-order valence-electron chi connectivity index (χ2n) is 3.16. The van der Waals surface area contributed by atoms with Crippen molar-refractivity contribution >= 4 is 28.8 Å². The van der Waals surface area contributed by atoms with E-state index >= 15 is 0 Å². The number of aromatic amines is 2. The van der Waals surface area contributed by atoms with Gasteiger partial charge in [-0.1, -0.05) is 12.1 Å². The number of aromatic nitrogens is 4. The lowest BCUT2D eigenvalue weighted by Crippen LogP contribution is -2.02. The van der Waals surface area contributed by atoms with Crippen molar-refractivity contribution in [2.45, 2.75) is 0 Å². The molecule has 0 amide bonds. The first-order valence-electron chi connectivity index (χ1n) is 4.35. The van der Waals surface area contributed by atoms with Gasteiger partial charge < -0.3 is 0 Å². The molecule has 15 heavy (non-hydrogen) atoms. The SMILES string of the molecule is O=c1[nH]c2c3ccccc3nc(=S)n2[nH]1. The standard InChI is InChI=1S/C9H6N4OS/c14-8-11-7-5-3-1-2-4-6(5)10-9(15)13(7)12-8/h1-4H,(H2,11,12,14). The summed E-state index contributed by atoms with van der Waals surface area (Å²) in [5.74, 6) is 0. The van der Waals surface area contributed by atoms with E-state index in [-0.39, 0.29) is 5.69 Å². The van der Waals surface area contributed by atoms with Crippen molar-refractivity contribution in [3.63, 3.8) is 0 Å². The number of para-hydroxylation sites is 1. The highest BCUT2D eigenvalue weighted by atomic mass is 32.1. The summed E-state index contributed by atoms with van der Waals surface area (Å²) in [6.45, 7) is 0. The summed E-state index contributed by atoms with van der Waals surface area (Å²) in [5.41, 5.74) is 1.13. The van der Waals surface area contributed by atoms with E-state index < -0.39 is 0 Å². The van der Waals surface area contributed by atoms with E-state index in [4.69, 9.17) is 12.2 Å². The van der Waals surface area contributed by atoms with Crippen LogP contribution in [0.25, 0.3) is 16.6 Å². The molecule has 0 spiro atoms. The first-order chi connectivity index (χ1) is 7.25. The Morgan fingerprint density at radius 3 is 3.00 bits per heavy atom. The lowest BCUT2D eigenvalue weighted by Gasteiger charge is -1.98. The molecule has 74 valence electrons. The fourth-order valence-electron chi connectivity index (χ4n) is 1.60. The fourth-order valence-corrected chi connectivity index (χ4v) is 1.84. The van der Waals surface area contributed by atoms with Crippen LogP contribution in [0, 0.1) is 4.77 Å². The smallest absolute Gasteiger partial charge is 0.290 e. The minimum atomic E-state index is -0.292. The Labute approximate surface area is 88.4 Å². The highest BCUT2D eigenvalue weighted by Crippen LogP contribution is 2.14. The van der Waals surface area contributed by atoms with Gasteiger partial charge in [0.2, 0.25) is 4.77 Å². The number of benzene rings is 1. The predicted octanol–water partition coefficient (Wildman–Crippen LogP) is 1.23. The molecule has 0 unspecified atom stereocenters. The Morgan fingerprint density at radius 2 is 2.13 bits per heavy atom. The summed E-state index contributed by atoms with van der Waals surface area (Å²) in [5, 5.41) is 3.42. The summed E-state index contributed by atoms with van der Waals surface area (Å²) in [4.78, 5) is 18.1. The second-order valence-corrected chi connectivity index (χ2v) is 3.53. The van der Waals surface area contributed by atoms with E-state index in [9.17, 15) is 4.79 Å². The first-order valence-corrected chi connectivity index (χ1v) is 4.76. The van der Waals surface area contributed by atoms with Crippen LogP contribution in [0.4, 0.5) is 0 Å². The third-order valence-corrected chi connectivity index (χ3v) is 2.51. The molecule has 2 aromatic heterocycles. The Kier molecular flexibility index (Phi) is 1.54. The summed E-state index contributed by atoms with van der Waals surface area (Å²) in [6.07, 6.45) is 0. The van der Waals surface area contributed by atoms with E-state index in [1.54, 1.807) is 0 Å². The van der Waals surface area contributed by atoms with Crippen molar-refractivity contribution in [1.82, 2.24) is 19.6 Å². The van der Waals surface area contributed by atoms with Gasteiger partial charge in [0.05, 0.1) is 5.52 Å². The van der Waals surface area contributed by atoms with Crippen molar-refractivity contribution in [3.05, 3.63) is 39.5 Å². The Hall–Kier alpha value is -1.95. The molecule has 0 atom stereocenters. The molecule has 6 heteroatoms. The van der Waals surface area contributed by atoms with Gasteiger partial charge in [-0.25, -0.2) is 19.4 Å². The van der Waals surface area contributed by atoms with Gasteiger partial charge in [0.25, 0.3) is 0 Å². The van der Waals surface area contributed by atoms with Gasteiger partial charge in [-0.2, -0.15) is 0 Å². The zero-order chi connectivity index (χ0) is 10.4. The van der Waals surface area contributed by atoms with Crippen molar-refractivity contribution in [1.29, 1.82) is 0 Å². The number of hydrogen-bond acceptors (Lipinski definition) is 3. The molecule has 2 heterocycles. The van der Waals surface area contributed by atoms with Crippen LogP contribution in [0.15, 0.2) is 29.1 Å². The molecule has 0 aliphatic heterocycles. The van der Waals surface area contributed by atoms with Gasteiger partial charge in [0.1, 0.15) is 5.65 Å². The molecule has 0 fully saturated rings. The maximum Gasteiger partial charge on any atom is 0.339 e. The normalized spacial score (nSPS) is 11.2. The third-order valence-electron chi connectivity index (χ3n) is 2.24. The highest BCUT2D eigenvalue weighted by molar-refractivity contribution is 7.71. The number of hydrogen-bond donors (Lipinski definition) is 2. The van der Waals surface area contributed by atoms with Crippen LogP contribution >= 0.6 is 12.2 Å². The van der Waals surface area contributed by atoms with Crippen LogP contribution in [-0.4, -0.2) is 19.6 Å². The van der Waals surface area contributed by atoms with Crippen LogP contribution in [0.5, 0.6) is 0 Å². The number of H-pyrrole nitrogens is 2. The van der Waals surface area contributed by atoms with Crippen LogP contribution < -0.4 is 5.69 Å². The van der Waals surface area contributed by atoms with Crippen molar-refractivity contribution < 1.29 is 0 Å². The Morgan fingerprint density at radius 1 is 1.33 bits per heavy atom. The van der Waals surface area contributed by atoms with Crippen molar-refractivity contribution in [2.24, 2.45) is 0 Å². The van der Waals surface area contributed by atoms with Gasteiger partial charge in [-0.3, -0.25) is 4.98 Å². The zero-order valence-corrected chi connectivity index (χ0v) is 8.34. The summed E-state index contributed by atoms with van der Waals surface area (Å²) in [7, 11) is 0.